The summed E-state index contributed by atoms with van der Waals surface area (Å²) in [4.78, 5) is 23.7. The number of alkyl carbamates (subject to hydrolysis) is 1. The van der Waals surface area contributed by atoms with Crippen molar-refractivity contribution in [3.05, 3.63) is 35.4 Å². The van der Waals surface area contributed by atoms with Crippen LogP contribution in [0.2, 0.25) is 0 Å². The molecule has 1 amide bonds. The predicted octanol–water partition coefficient (Wildman–Crippen LogP) is 3.36. The van der Waals surface area contributed by atoms with Crippen LogP contribution in [0.3, 0.4) is 0 Å². The molecule has 0 radical (unpaired) electrons. The molecular formula is C15H18BrF2NO3. The van der Waals surface area contributed by atoms with E-state index in [0.717, 1.165) is 12.1 Å². The van der Waals surface area contributed by atoms with Gasteiger partial charge in [0.25, 0.3) is 0 Å². The molecule has 1 unspecified atom stereocenters. The highest BCUT2D eigenvalue weighted by molar-refractivity contribution is 9.09. The van der Waals surface area contributed by atoms with Crippen LogP contribution in [0.1, 0.15) is 26.3 Å². The van der Waals surface area contributed by atoms with Crippen molar-refractivity contribution in [2.75, 3.05) is 5.33 Å². The number of carbonyl (C=O) groups excluding carboxylic acids is 2. The minimum atomic E-state index is -1.00. The third-order valence-corrected chi connectivity index (χ3v) is 3.19. The highest BCUT2D eigenvalue weighted by atomic mass is 79.9. The van der Waals surface area contributed by atoms with Gasteiger partial charge in [0, 0.05) is 6.42 Å². The largest absolute Gasteiger partial charge is 0.444 e. The molecule has 1 atom stereocenters. The molecule has 0 fully saturated rings. The first-order chi connectivity index (χ1) is 10.1. The highest BCUT2D eigenvalue weighted by Gasteiger charge is 2.24. The number of nitrogens with one attached hydrogen (secondary N) is 1. The van der Waals surface area contributed by atoms with E-state index in [-0.39, 0.29) is 17.5 Å². The summed E-state index contributed by atoms with van der Waals surface area (Å²) in [6.07, 6.45) is -0.699. The van der Waals surface area contributed by atoms with Crippen molar-refractivity contribution < 1.29 is 23.1 Å². The van der Waals surface area contributed by atoms with Crippen LogP contribution in [0.4, 0.5) is 13.6 Å². The molecule has 0 saturated carbocycles. The molecule has 1 aromatic carbocycles. The average Bonchev–Trinajstić information content (AvgIpc) is 2.39. The number of rotatable bonds is 5. The first-order valence-corrected chi connectivity index (χ1v) is 7.76. The number of Topliss-reactive ketones (excluding diaryl/α,β-unsaturated/α-hetero) is 1. The maximum atomic E-state index is 13.2. The lowest BCUT2D eigenvalue weighted by Crippen LogP contribution is -2.45. The minimum absolute atomic E-state index is 0.0249. The number of alkyl halides is 1. The van der Waals surface area contributed by atoms with Crippen LogP contribution in [0, 0.1) is 11.6 Å². The van der Waals surface area contributed by atoms with Crippen LogP contribution < -0.4 is 5.32 Å². The molecular weight excluding hydrogens is 360 g/mol. The van der Waals surface area contributed by atoms with Gasteiger partial charge in [0.05, 0.1) is 11.4 Å². The van der Waals surface area contributed by atoms with Crippen molar-refractivity contribution in [3.8, 4) is 0 Å². The maximum absolute atomic E-state index is 13.2. The first kappa shape index (κ1) is 18.5. The molecule has 1 N–H and O–H groups in total. The van der Waals surface area contributed by atoms with E-state index >= 15 is 0 Å². The third kappa shape index (κ3) is 6.09. The second-order valence-corrected chi connectivity index (χ2v) is 6.31. The summed E-state index contributed by atoms with van der Waals surface area (Å²) >= 11 is 3.03. The summed E-state index contributed by atoms with van der Waals surface area (Å²) in [7, 11) is 0. The van der Waals surface area contributed by atoms with E-state index < -0.39 is 29.4 Å². The van der Waals surface area contributed by atoms with Gasteiger partial charge in [-0.3, -0.25) is 4.79 Å². The average molecular weight is 378 g/mol. The van der Waals surface area contributed by atoms with E-state index in [1.807, 2.05) is 0 Å². The Bertz CT molecular complexity index is 558. The predicted molar refractivity (Wildman–Crippen MR) is 82.0 cm³/mol. The normalized spacial score (nSPS) is 12.6. The Labute approximate surface area is 136 Å². The summed E-state index contributed by atoms with van der Waals surface area (Å²) in [6, 6.07) is 2.46. The van der Waals surface area contributed by atoms with Gasteiger partial charge < -0.3 is 10.1 Å². The third-order valence-electron chi connectivity index (χ3n) is 2.64. The summed E-state index contributed by atoms with van der Waals surface area (Å²) in [5.41, 5.74) is -0.303. The lowest BCUT2D eigenvalue weighted by atomic mass is 10.0. The summed E-state index contributed by atoms with van der Waals surface area (Å²) in [5.74, 6) is -2.26. The van der Waals surface area contributed by atoms with Crippen molar-refractivity contribution >= 4 is 27.8 Å². The number of carbonyl (C=O) groups is 2. The van der Waals surface area contributed by atoms with E-state index in [2.05, 4.69) is 21.2 Å². The second-order valence-electron chi connectivity index (χ2n) is 5.75. The number of ketones is 1. The first-order valence-electron chi connectivity index (χ1n) is 6.64. The van der Waals surface area contributed by atoms with Gasteiger partial charge in [-0.1, -0.05) is 22.0 Å². The second kappa shape index (κ2) is 7.67. The summed E-state index contributed by atoms with van der Waals surface area (Å²) < 4.78 is 31.2. The number of benzene rings is 1. The Hall–Kier alpha value is -1.50. The SMILES string of the molecule is CC(C)(C)OC(=O)NC(Cc1ccc(F)c(F)c1)C(=O)CBr. The number of halogens is 3. The van der Waals surface area contributed by atoms with E-state index in [1.54, 1.807) is 20.8 Å². The number of hydrogen-bond donors (Lipinski definition) is 1. The van der Waals surface area contributed by atoms with Gasteiger partial charge in [0.1, 0.15) is 5.60 Å². The van der Waals surface area contributed by atoms with Crippen LogP contribution in [0.15, 0.2) is 18.2 Å². The molecule has 0 aliphatic rings. The van der Waals surface area contributed by atoms with Gasteiger partial charge >= 0.3 is 6.09 Å². The summed E-state index contributed by atoms with van der Waals surface area (Å²) in [6.45, 7) is 5.09. The molecule has 22 heavy (non-hydrogen) atoms. The molecule has 0 heterocycles. The molecule has 4 nitrogen and oxygen atoms in total. The van der Waals surface area contributed by atoms with Gasteiger partial charge in [-0.25, -0.2) is 13.6 Å². The lowest BCUT2D eigenvalue weighted by molar-refractivity contribution is -0.118. The van der Waals surface area contributed by atoms with Crippen LogP contribution in [0.25, 0.3) is 0 Å². The fourth-order valence-corrected chi connectivity index (χ4v) is 2.08. The van der Waals surface area contributed by atoms with Crippen molar-refractivity contribution in [3.63, 3.8) is 0 Å². The zero-order valence-corrected chi connectivity index (χ0v) is 14.2. The van der Waals surface area contributed by atoms with Crippen molar-refractivity contribution in [1.82, 2.24) is 5.32 Å². The molecule has 0 aliphatic carbocycles. The van der Waals surface area contributed by atoms with Crippen LogP contribution in [-0.4, -0.2) is 28.8 Å². The van der Waals surface area contributed by atoms with Gasteiger partial charge in [0.15, 0.2) is 17.4 Å². The molecule has 1 aromatic rings. The van der Waals surface area contributed by atoms with Gasteiger partial charge in [-0.2, -0.15) is 0 Å². The standard InChI is InChI=1S/C15H18BrF2NO3/c1-15(2,3)22-14(21)19-12(13(20)8-16)7-9-4-5-10(17)11(18)6-9/h4-6,12H,7-8H2,1-3H3,(H,19,21). The highest BCUT2D eigenvalue weighted by Crippen LogP contribution is 2.12. The number of hydrogen-bond acceptors (Lipinski definition) is 3. The fourth-order valence-electron chi connectivity index (χ4n) is 1.69. The topological polar surface area (TPSA) is 55.4 Å². The Kier molecular flexibility index (Phi) is 6.47. The molecule has 7 heteroatoms. The monoisotopic (exact) mass is 377 g/mol. The van der Waals surface area contributed by atoms with E-state index in [4.69, 9.17) is 4.74 Å². The Balaban J connectivity index is 2.82. The van der Waals surface area contributed by atoms with E-state index in [1.165, 1.54) is 6.07 Å². The van der Waals surface area contributed by atoms with Crippen LogP contribution >= 0.6 is 15.9 Å². The van der Waals surface area contributed by atoms with Crippen molar-refractivity contribution in [1.29, 1.82) is 0 Å². The molecule has 0 bridgehead atoms. The molecule has 0 aromatic heterocycles. The van der Waals surface area contributed by atoms with Crippen LogP contribution in [0.5, 0.6) is 0 Å². The molecule has 122 valence electrons. The zero-order valence-electron chi connectivity index (χ0n) is 12.6. The van der Waals surface area contributed by atoms with Crippen molar-refractivity contribution in [2.24, 2.45) is 0 Å². The number of amides is 1. The fraction of sp³-hybridized carbons (Fsp3) is 0.467. The summed E-state index contributed by atoms with van der Waals surface area (Å²) in [5, 5.41) is 2.47. The molecule has 0 saturated heterocycles. The lowest BCUT2D eigenvalue weighted by Gasteiger charge is -2.23. The van der Waals surface area contributed by atoms with Crippen molar-refractivity contribution in [2.45, 2.75) is 38.8 Å². The van der Waals surface area contributed by atoms with E-state index in [9.17, 15) is 18.4 Å². The minimum Gasteiger partial charge on any atom is -0.444 e. The van der Waals surface area contributed by atoms with Gasteiger partial charge in [-0.15, -0.1) is 0 Å². The van der Waals surface area contributed by atoms with Crippen LogP contribution in [-0.2, 0) is 16.0 Å². The quantitative estimate of drug-likeness (QED) is 0.800. The van der Waals surface area contributed by atoms with Gasteiger partial charge in [0.2, 0.25) is 0 Å². The molecule has 0 aliphatic heterocycles. The smallest absolute Gasteiger partial charge is 0.408 e. The van der Waals surface area contributed by atoms with E-state index in [0.29, 0.717) is 5.56 Å². The van der Waals surface area contributed by atoms with Gasteiger partial charge in [-0.05, 0) is 38.5 Å². The zero-order chi connectivity index (χ0) is 16.9. The number of ether oxygens (including phenoxy) is 1. The Morgan fingerprint density at radius 2 is 1.91 bits per heavy atom. The maximum Gasteiger partial charge on any atom is 0.408 e. The molecule has 1 rings (SSSR count). The Morgan fingerprint density at radius 1 is 1.27 bits per heavy atom. The Morgan fingerprint density at radius 3 is 2.41 bits per heavy atom. The molecule has 0 spiro atoms.